The number of carbonyl (C=O) groups excluding carboxylic acids is 1. The lowest BCUT2D eigenvalue weighted by atomic mass is 9.69. The summed E-state index contributed by atoms with van der Waals surface area (Å²) in [7, 11) is -3.67. The van der Waals surface area contributed by atoms with Crippen LogP contribution in [0.25, 0.3) is 0 Å². The van der Waals surface area contributed by atoms with Crippen LogP contribution in [0, 0.1) is 22.7 Å². The molecule has 1 N–H and O–H groups in total. The molecule has 2 saturated heterocycles. The van der Waals surface area contributed by atoms with Crippen LogP contribution in [0.3, 0.4) is 0 Å². The number of sulfonamides is 1. The number of nitrogens with zero attached hydrogens (tertiary/aromatic N) is 1. The Hall–Kier alpha value is -0.700. The van der Waals surface area contributed by atoms with Gasteiger partial charge in [-0.25, -0.2) is 12.7 Å². The summed E-state index contributed by atoms with van der Waals surface area (Å²) in [5, 5.41) is 10.8. The molecule has 2 bridgehead atoms. The van der Waals surface area contributed by atoms with Crippen LogP contribution in [0.4, 0.5) is 0 Å². The molecular weight excluding hydrogens is 394 g/mol. The number of aliphatic hydroxyl groups is 1. The number of hydrogen-bond donors (Lipinski definition) is 1. The van der Waals surface area contributed by atoms with Crippen molar-refractivity contribution in [2.24, 2.45) is 22.7 Å². The predicted octanol–water partition coefficient (Wildman–Crippen LogP) is 2.28. The van der Waals surface area contributed by atoms with E-state index in [1.54, 1.807) is 6.92 Å². The SMILES string of the molecule is C[C@@H](C(=O)N1[C@@H]2C[C@H]3CC[C@]2(CS1(=O)=O)C3(C)C)[C@@H](O)C[C@@H]1CCOC(C)(C)O1. The van der Waals surface area contributed by atoms with E-state index in [4.69, 9.17) is 9.47 Å². The highest BCUT2D eigenvalue weighted by atomic mass is 32.2. The van der Waals surface area contributed by atoms with E-state index < -0.39 is 33.7 Å². The number of rotatable bonds is 4. The molecular formula is C21H35NO6S. The van der Waals surface area contributed by atoms with Gasteiger partial charge in [-0.2, -0.15) is 0 Å². The zero-order valence-electron chi connectivity index (χ0n) is 18.2. The summed E-state index contributed by atoms with van der Waals surface area (Å²) < 4.78 is 38.7. The molecule has 7 nitrogen and oxygen atoms in total. The van der Waals surface area contributed by atoms with Gasteiger partial charge in [0, 0.05) is 11.8 Å². The number of carbonyl (C=O) groups is 1. The Balaban J connectivity index is 1.50. The summed E-state index contributed by atoms with van der Waals surface area (Å²) in [6.45, 7) is 10.2. The average Bonchev–Trinajstić information content (AvgIpc) is 3.07. The fourth-order valence-corrected chi connectivity index (χ4v) is 9.13. The van der Waals surface area contributed by atoms with Gasteiger partial charge in [0.15, 0.2) is 5.79 Å². The van der Waals surface area contributed by atoms with Gasteiger partial charge in [0.05, 0.1) is 36.5 Å². The fraction of sp³-hybridized carbons (Fsp3) is 0.952. The second-order valence-electron chi connectivity index (χ2n) is 10.6. The van der Waals surface area contributed by atoms with Crippen LogP contribution in [0.5, 0.6) is 0 Å². The quantitative estimate of drug-likeness (QED) is 0.737. The normalized spacial score (nSPS) is 41.2. The van der Waals surface area contributed by atoms with Crippen LogP contribution in [0.2, 0.25) is 0 Å². The molecule has 2 aliphatic heterocycles. The van der Waals surface area contributed by atoms with Gasteiger partial charge in [0.25, 0.3) is 0 Å². The monoisotopic (exact) mass is 429 g/mol. The van der Waals surface area contributed by atoms with Gasteiger partial charge in [0.1, 0.15) is 0 Å². The van der Waals surface area contributed by atoms with Crippen molar-refractivity contribution in [1.82, 2.24) is 4.31 Å². The van der Waals surface area contributed by atoms with Crippen molar-refractivity contribution in [3.63, 3.8) is 0 Å². The van der Waals surface area contributed by atoms with Crippen molar-refractivity contribution in [2.45, 2.75) is 90.8 Å². The van der Waals surface area contributed by atoms with Crippen LogP contribution in [0.15, 0.2) is 0 Å². The first-order valence-electron chi connectivity index (χ1n) is 10.9. The molecule has 4 fully saturated rings. The first-order chi connectivity index (χ1) is 13.3. The Morgan fingerprint density at radius 2 is 1.93 bits per heavy atom. The topological polar surface area (TPSA) is 93.1 Å². The Kier molecular flexibility index (Phi) is 4.93. The number of amides is 1. The maximum absolute atomic E-state index is 13.3. The van der Waals surface area contributed by atoms with Crippen molar-refractivity contribution in [2.75, 3.05) is 12.4 Å². The van der Waals surface area contributed by atoms with Crippen LogP contribution >= 0.6 is 0 Å². The maximum Gasteiger partial charge on any atom is 0.241 e. The van der Waals surface area contributed by atoms with Crippen LogP contribution in [-0.2, 0) is 24.3 Å². The van der Waals surface area contributed by atoms with Gasteiger partial charge < -0.3 is 14.6 Å². The third-order valence-corrected chi connectivity index (χ3v) is 10.4. The predicted molar refractivity (Wildman–Crippen MR) is 107 cm³/mol. The van der Waals surface area contributed by atoms with E-state index in [9.17, 15) is 18.3 Å². The lowest BCUT2D eigenvalue weighted by molar-refractivity contribution is -0.277. The number of aliphatic hydroxyl groups excluding tert-OH is 1. The smallest absolute Gasteiger partial charge is 0.241 e. The van der Waals surface area contributed by atoms with E-state index in [2.05, 4.69) is 13.8 Å². The molecule has 1 amide bonds. The molecule has 0 unspecified atom stereocenters. The van der Waals surface area contributed by atoms with E-state index in [1.165, 1.54) is 0 Å². The molecule has 0 aromatic rings. The molecule has 2 aliphatic carbocycles. The molecule has 4 aliphatic rings. The molecule has 0 aromatic heterocycles. The van der Waals surface area contributed by atoms with E-state index in [-0.39, 0.29) is 35.1 Å². The molecule has 0 aromatic carbocycles. The van der Waals surface area contributed by atoms with Crippen molar-refractivity contribution < 1.29 is 27.8 Å². The van der Waals surface area contributed by atoms with E-state index >= 15 is 0 Å². The minimum absolute atomic E-state index is 0.0555. The number of ether oxygens (including phenoxy) is 2. The first-order valence-corrected chi connectivity index (χ1v) is 12.5. The standard InChI is InChI=1S/C21H35NO6S/c1-13(16(23)11-15-7-9-27-20(4,5)28-15)18(24)22-17-10-14-6-8-21(17,19(14,2)3)12-29(22,25)26/h13-17,23H,6-12H2,1-5H3/t13-,14-,15+,16+,17-,21-/m1/s1. The van der Waals surface area contributed by atoms with Crippen LogP contribution in [0.1, 0.15) is 66.7 Å². The molecule has 0 radical (unpaired) electrons. The van der Waals surface area contributed by atoms with E-state index in [0.29, 0.717) is 18.9 Å². The fourth-order valence-electron chi connectivity index (χ4n) is 6.51. The van der Waals surface area contributed by atoms with Crippen molar-refractivity contribution in [1.29, 1.82) is 0 Å². The summed E-state index contributed by atoms with van der Waals surface area (Å²) in [6.07, 6.45) is 2.41. The lowest BCUT2D eigenvalue weighted by Crippen LogP contribution is -2.48. The molecule has 2 saturated carbocycles. The Labute approximate surface area is 174 Å². The molecule has 166 valence electrons. The Morgan fingerprint density at radius 3 is 2.55 bits per heavy atom. The average molecular weight is 430 g/mol. The molecule has 4 rings (SSSR count). The summed E-state index contributed by atoms with van der Waals surface area (Å²) in [4.78, 5) is 13.3. The second kappa shape index (κ2) is 6.65. The zero-order valence-corrected chi connectivity index (χ0v) is 19.0. The first kappa shape index (κ1) is 21.5. The van der Waals surface area contributed by atoms with Crippen molar-refractivity contribution in [3.05, 3.63) is 0 Å². The largest absolute Gasteiger partial charge is 0.392 e. The van der Waals surface area contributed by atoms with Gasteiger partial charge in [0.2, 0.25) is 15.9 Å². The highest BCUT2D eigenvalue weighted by Gasteiger charge is 2.72. The van der Waals surface area contributed by atoms with Gasteiger partial charge >= 0.3 is 0 Å². The summed E-state index contributed by atoms with van der Waals surface area (Å²) in [6, 6.07) is -0.262. The Morgan fingerprint density at radius 1 is 1.24 bits per heavy atom. The van der Waals surface area contributed by atoms with Gasteiger partial charge in [-0.05, 0) is 50.9 Å². The lowest BCUT2D eigenvalue weighted by Gasteiger charge is -2.38. The van der Waals surface area contributed by atoms with Gasteiger partial charge in [-0.3, -0.25) is 4.79 Å². The third kappa shape index (κ3) is 3.17. The second-order valence-corrected chi connectivity index (χ2v) is 12.5. The van der Waals surface area contributed by atoms with Gasteiger partial charge in [-0.1, -0.05) is 20.8 Å². The highest BCUT2D eigenvalue weighted by molar-refractivity contribution is 7.90. The Bertz CT molecular complexity index is 793. The molecule has 2 heterocycles. The number of fused-ring (bicyclic) bond motifs is 1. The van der Waals surface area contributed by atoms with Crippen molar-refractivity contribution in [3.8, 4) is 0 Å². The molecule has 8 heteroatoms. The maximum atomic E-state index is 13.3. The summed E-state index contributed by atoms with van der Waals surface area (Å²) in [5.74, 6) is -1.46. The van der Waals surface area contributed by atoms with Crippen LogP contribution < -0.4 is 0 Å². The minimum atomic E-state index is -3.67. The van der Waals surface area contributed by atoms with E-state index in [0.717, 1.165) is 23.6 Å². The minimum Gasteiger partial charge on any atom is -0.392 e. The zero-order chi connectivity index (χ0) is 21.4. The number of hydrogen-bond acceptors (Lipinski definition) is 6. The molecule has 6 atom stereocenters. The van der Waals surface area contributed by atoms with Gasteiger partial charge in [-0.15, -0.1) is 0 Å². The molecule has 29 heavy (non-hydrogen) atoms. The van der Waals surface area contributed by atoms with Crippen molar-refractivity contribution >= 4 is 15.9 Å². The van der Waals surface area contributed by atoms with Crippen LogP contribution in [-0.4, -0.2) is 60.1 Å². The summed E-state index contributed by atoms with van der Waals surface area (Å²) >= 11 is 0. The van der Waals surface area contributed by atoms with E-state index in [1.807, 2.05) is 13.8 Å². The molecule has 1 spiro atoms. The summed E-state index contributed by atoms with van der Waals surface area (Å²) in [5.41, 5.74) is -0.423. The highest BCUT2D eigenvalue weighted by Crippen LogP contribution is 2.70. The third-order valence-electron chi connectivity index (χ3n) is 8.44.